The topological polar surface area (TPSA) is 85.6 Å². The first kappa shape index (κ1) is 33.9. The number of benzene rings is 4. The molecule has 0 aliphatic carbocycles. The predicted octanol–water partition coefficient (Wildman–Crippen LogP) is 7.96. The molecule has 9 nitrogen and oxygen atoms in total. The minimum absolute atomic E-state index is 0.0319. The molecule has 2 aliphatic heterocycles. The molecule has 3 unspecified atom stereocenters. The summed E-state index contributed by atoms with van der Waals surface area (Å²) in [7, 11) is 0. The lowest BCUT2D eigenvalue weighted by Crippen LogP contribution is -2.68. The van der Waals surface area contributed by atoms with E-state index in [4.69, 9.17) is 21.1 Å². The van der Waals surface area contributed by atoms with Crippen LogP contribution in [0, 0.1) is 0 Å². The van der Waals surface area contributed by atoms with Crippen LogP contribution >= 0.6 is 23.4 Å². The number of hydrogen-bond donors (Lipinski definition) is 0. The van der Waals surface area contributed by atoms with Gasteiger partial charge >= 0.3 is 0 Å². The quantitative estimate of drug-likeness (QED) is 0.121. The van der Waals surface area contributed by atoms with Gasteiger partial charge in [0.1, 0.15) is 29.0 Å². The molecule has 258 valence electrons. The van der Waals surface area contributed by atoms with Crippen LogP contribution in [-0.2, 0) is 11.3 Å². The monoisotopic (exact) mass is 708 g/mol. The highest BCUT2D eigenvalue weighted by atomic mass is 35.5. The van der Waals surface area contributed by atoms with Crippen LogP contribution in [0.15, 0.2) is 103 Å². The smallest absolute Gasteiger partial charge is 0.250 e. The van der Waals surface area contributed by atoms with Gasteiger partial charge < -0.3 is 19.3 Å². The van der Waals surface area contributed by atoms with Gasteiger partial charge in [-0.3, -0.25) is 4.79 Å². The number of carbonyl (C=O) groups excluding carboxylic acids is 1. The number of hydrogen-bond acceptors (Lipinski definition) is 8. The zero-order valence-corrected chi connectivity index (χ0v) is 30.4. The summed E-state index contributed by atoms with van der Waals surface area (Å²) >= 11 is 8.31. The summed E-state index contributed by atoms with van der Waals surface area (Å²) in [6.45, 7) is 11.3. The Hall–Kier alpha value is -4.54. The van der Waals surface area contributed by atoms with Crippen molar-refractivity contribution in [2.45, 2.75) is 75.5 Å². The van der Waals surface area contributed by atoms with E-state index < -0.39 is 6.04 Å². The SMILES string of the molecule is CCOc1ccc(Cn2nnnc2C2N3C(=O)C(N(c4ccccc4)C(c4ccccc4)c4cccc(OC(C)C)c4)[C@H]3SC2(C)C)cc1Cl. The molecular weight excluding hydrogens is 668 g/mol. The molecule has 1 amide bonds. The average Bonchev–Trinajstić information content (AvgIpc) is 3.64. The van der Waals surface area contributed by atoms with Crippen LogP contribution in [0.5, 0.6) is 11.5 Å². The lowest BCUT2D eigenvalue weighted by atomic mass is 9.90. The van der Waals surface area contributed by atoms with Gasteiger partial charge in [-0.1, -0.05) is 78.3 Å². The maximum atomic E-state index is 14.8. The zero-order valence-electron chi connectivity index (χ0n) is 28.8. The Morgan fingerprint density at radius 3 is 2.36 bits per heavy atom. The molecule has 0 spiro atoms. The van der Waals surface area contributed by atoms with Gasteiger partial charge in [-0.25, -0.2) is 4.68 Å². The van der Waals surface area contributed by atoms with E-state index in [0.29, 0.717) is 29.7 Å². The number of tetrazole rings is 1. The van der Waals surface area contributed by atoms with Crippen molar-refractivity contribution in [2.75, 3.05) is 11.5 Å². The lowest BCUT2D eigenvalue weighted by molar-refractivity contribution is -0.148. The first-order valence-corrected chi connectivity index (χ1v) is 18.2. The van der Waals surface area contributed by atoms with Crippen LogP contribution in [0.25, 0.3) is 0 Å². The van der Waals surface area contributed by atoms with Gasteiger partial charge in [-0.05, 0) is 98.1 Å². The number of halogens is 1. The van der Waals surface area contributed by atoms with Gasteiger partial charge in [0, 0.05) is 10.4 Å². The van der Waals surface area contributed by atoms with E-state index in [2.05, 4.69) is 82.8 Å². The molecule has 2 saturated heterocycles. The molecule has 50 heavy (non-hydrogen) atoms. The molecule has 5 aromatic rings. The fourth-order valence-electron chi connectivity index (χ4n) is 7.13. The molecule has 0 bridgehead atoms. The molecule has 0 radical (unpaired) electrons. The summed E-state index contributed by atoms with van der Waals surface area (Å²) in [6.07, 6.45) is 0.0319. The Balaban J connectivity index is 1.26. The fraction of sp³-hybridized carbons (Fsp3) is 0.333. The largest absolute Gasteiger partial charge is 0.492 e. The average molecular weight is 709 g/mol. The minimum Gasteiger partial charge on any atom is -0.492 e. The third-order valence-electron chi connectivity index (χ3n) is 9.14. The normalized spacial score (nSPS) is 19.9. The number of rotatable bonds is 12. The number of aromatic nitrogens is 4. The minimum atomic E-state index is -0.444. The van der Waals surface area contributed by atoms with Gasteiger partial charge in [0.2, 0.25) is 5.91 Å². The third kappa shape index (κ3) is 6.42. The van der Waals surface area contributed by atoms with Crippen LogP contribution in [0.2, 0.25) is 5.02 Å². The molecular formula is C39H41ClN6O3S. The molecule has 4 aromatic carbocycles. The maximum Gasteiger partial charge on any atom is 0.250 e. The Kier molecular flexibility index (Phi) is 9.50. The zero-order chi connectivity index (χ0) is 35.0. The van der Waals surface area contributed by atoms with Crippen LogP contribution < -0.4 is 14.4 Å². The van der Waals surface area contributed by atoms with E-state index in [0.717, 1.165) is 28.1 Å². The summed E-state index contributed by atoms with van der Waals surface area (Å²) in [5, 5.41) is 13.4. The Bertz CT molecular complexity index is 1960. The first-order valence-electron chi connectivity index (χ1n) is 17.0. The number of carbonyl (C=O) groups is 1. The first-order chi connectivity index (χ1) is 24.2. The van der Waals surface area contributed by atoms with Crippen molar-refractivity contribution in [2.24, 2.45) is 0 Å². The van der Waals surface area contributed by atoms with Gasteiger partial charge in [-0.2, -0.15) is 0 Å². The van der Waals surface area contributed by atoms with Crippen molar-refractivity contribution < 1.29 is 14.3 Å². The molecule has 11 heteroatoms. The van der Waals surface area contributed by atoms with Crippen molar-refractivity contribution in [3.8, 4) is 11.5 Å². The van der Waals surface area contributed by atoms with E-state index in [9.17, 15) is 4.79 Å². The van der Waals surface area contributed by atoms with Crippen LogP contribution in [0.4, 0.5) is 5.69 Å². The summed E-state index contributed by atoms with van der Waals surface area (Å²) in [4.78, 5) is 19.1. The van der Waals surface area contributed by atoms with Gasteiger partial charge in [-0.15, -0.1) is 16.9 Å². The molecule has 2 aliphatic rings. The second kappa shape index (κ2) is 14.0. The second-order valence-electron chi connectivity index (χ2n) is 13.4. The number of ether oxygens (including phenoxy) is 2. The van der Waals surface area contributed by atoms with Crippen molar-refractivity contribution >= 4 is 35.0 Å². The van der Waals surface area contributed by atoms with Crippen LogP contribution in [-0.4, -0.2) is 59.9 Å². The van der Waals surface area contributed by atoms with Crippen LogP contribution in [0.3, 0.4) is 0 Å². The van der Waals surface area contributed by atoms with E-state index in [1.54, 1.807) is 16.4 Å². The van der Waals surface area contributed by atoms with Gasteiger partial charge in [0.15, 0.2) is 5.82 Å². The number of nitrogens with zero attached hydrogens (tertiary/aromatic N) is 6. The van der Waals surface area contributed by atoms with Gasteiger partial charge in [0.25, 0.3) is 0 Å². The molecule has 0 N–H and O–H groups in total. The fourth-order valence-corrected chi connectivity index (χ4v) is 9.07. The highest BCUT2D eigenvalue weighted by molar-refractivity contribution is 8.01. The maximum absolute atomic E-state index is 14.8. The summed E-state index contributed by atoms with van der Waals surface area (Å²) in [5.41, 5.74) is 4.03. The van der Waals surface area contributed by atoms with E-state index in [-0.39, 0.29) is 34.2 Å². The molecule has 2 fully saturated rings. The standard InChI is InChI=1S/C39H41ClN6O3S/c1-6-48-32-21-20-26(22-31(32)40)24-44-36(41-42-43-44)35-39(4,5)50-38-34(37(47)46(35)38)45(29-17-11-8-12-18-29)33(27-14-9-7-10-15-27)28-16-13-19-30(23-28)49-25(2)3/h7-23,25,33-35,38H,6,24H2,1-5H3/t33?,34?,35?,38-/m1/s1. The van der Waals surface area contributed by atoms with Gasteiger partial charge in [0.05, 0.1) is 30.3 Å². The molecule has 1 aromatic heterocycles. The van der Waals surface area contributed by atoms with Crippen molar-refractivity contribution in [3.05, 3.63) is 131 Å². The van der Waals surface area contributed by atoms with Crippen molar-refractivity contribution in [1.82, 2.24) is 25.1 Å². The number of amides is 1. The number of para-hydroxylation sites is 1. The van der Waals surface area contributed by atoms with Crippen molar-refractivity contribution in [3.63, 3.8) is 0 Å². The number of anilines is 1. The number of β-lactam (4-membered cyclic amide) rings is 1. The van der Waals surface area contributed by atoms with E-state index >= 15 is 0 Å². The number of fused-ring (bicyclic) bond motifs is 1. The second-order valence-corrected chi connectivity index (χ2v) is 15.6. The Labute approximate surface area is 302 Å². The van der Waals surface area contributed by atoms with Crippen molar-refractivity contribution in [1.29, 1.82) is 0 Å². The highest BCUT2D eigenvalue weighted by Crippen LogP contribution is 2.59. The summed E-state index contributed by atoms with van der Waals surface area (Å²) in [5.74, 6) is 2.12. The molecule has 3 heterocycles. The predicted molar refractivity (Wildman–Crippen MR) is 198 cm³/mol. The van der Waals surface area contributed by atoms with E-state index in [1.165, 1.54) is 0 Å². The Morgan fingerprint density at radius 2 is 1.66 bits per heavy atom. The van der Waals surface area contributed by atoms with Crippen LogP contribution in [0.1, 0.15) is 69.2 Å². The third-order valence-corrected chi connectivity index (χ3v) is 11.0. The number of thioether (sulfide) groups is 1. The summed E-state index contributed by atoms with van der Waals surface area (Å²) < 4.78 is 13.2. The lowest BCUT2D eigenvalue weighted by Gasteiger charge is -2.52. The Morgan fingerprint density at radius 1 is 0.940 bits per heavy atom. The summed E-state index contributed by atoms with van der Waals surface area (Å²) in [6, 6.07) is 33.5. The molecule has 0 saturated carbocycles. The highest BCUT2D eigenvalue weighted by Gasteiger charge is 2.65. The van der Waals surface area contributed by atoms with E-state index in [1.807, 2.05) is 80.3 Å². The molecule has 7 rings (SSSR count). The molecule has 4 atom stereocenters.